The molecule has 146 valence electrons. The molecule has 0 saturated heterocycles. The van der Waals surface area contributed by atoms with Crippen molar-refractivity contribution in [1.29, 1.82) is 0 Å². The number of aromatic nitrogens is 1. The van der Waals surface area contributed by atoms with Crippen LogP contribution >= 0.6 is 11.3 Å². The molecule has 0 spiro atoms. The van der Waals surface area contributed by atoms with Crippen molar-refractivity contribution in [3.05, 3.63) is 106 Å². The summed E-state index contributed by atoms with van der Waals surface area (Å²) in [5.74, 6) is 1.10. The molecular weight excluding hydrogens is 384 g/mol. The summed E-state index contributed by atoms with van der Waals surface area (Å²) < 4.78 is 11.4. The quantitative estimate of drug-likeness (QED) is 0.463. The molecule has 1 unspecified atom stereocenters. The first kappa shape index (κ1) is 19.0. The van der Waals surface area contributed by atoms with Gasteiger partial charge in [0.2, 0.25) is 0 Å². The highest BCUT2D eigenvalue weighted by Gasteiger charge is 2.20. The van der Waals surface area contributed by atoms with Crippen molar-refractivity contribution in [1.82, 2.24) is 10.3 Å². The molecule has 1 amide bonds. The van der Waals surface area contributed by atoms with Gasteiger partial charge in [0.15, 0.2) is 0 Å². The number of amides is 1. The number of furan rings is 1. The van der Waals surface area contributed by atoms with Gasteiger partial charge in [-0.3, -0.25) is 4.79 Å². The van der Waals surface area contributed by atoms with E-state index in [9.17, 15) is 4.79 Å². The molecule has 0 aliphatic carbocycles. The van der Waals surface area contributed by atoms with Gasteiger partial charge in [-0.25, -0.2) is 4.98 Å². The molecule has 6 heteroatoms. The summed E-state index contributed by atoms with van der Waals surface area (Å²) in [5, 5.41) is 6.03. The molecule has 2 heterocycles. The van der Waals surface area contributed by atoms with E-state index in [4.69, 9.17) is 9.15 Å². The highest BCUT2D eigenvalue weighted by Crippen LogP contribution is 2.23. The minimum atomic E-state index is -0.374. The first-order valence-electron chi connectivity index (χ1n) is 9.22. The number of benzene rings is 2. The molecule has 0 radical (unpaired) electrons. The van der Waals surface area contributed by atoms with Crippen LogP contribution in [-0.4, -0.2) is 10.9 Å². The van der Waals surface area contributed by atoms with Crippen LogP contribution < -0.4 is 10.1 Å². The van der Waals surface area contributed by atoms with Gasteiger partial charge in [0.05, 0.1) is 17.0 Å². The van der Waals surface area contributed by atoms with Crippen LogP contribution in [0.5, 0.6) is 5.75 Å². The number of carbonyl (C=O) groups excluding carboxylic acids is 1. The second kappa shape index (κ2) is 8.75. The maximum Gasteiger partial charge on any atom is 0.252 e. The van der Waals surface area contributed by atoms with Gasteiger partial charge in [-0.1, -0.05) is 36.4 Å². The molecule has 2 aromatic heterocycles. The van der Waals surface area contributed by atoms with E-state index in [1.54, 1.807) is 35.8 Å². The number of carbonyl (C=O) groups is 1. The first-order valence-corrected chi connectivity index (χ1v) is 10.1. The Morgan fingerprint density at radius 3 is 2.72 bits per heavy atom. The molecule has 0 bridgehead atoms. The number of aryl methyl sites for hydroxylation is 1. The third-order valence-corrected chi connectivity index (χ3v) is 5.21. The summed E-state index contributed by atoms with van der Waals surface area (Å²) in [4.78, 5) is 17.3. The van der Waals surface area contributed by atoms with E-state index in [-0.39, 0.29) is 11.9 Å². The predicted molar refractivity (Wildman–Crippen MR) is 112 cm³/mol. The third kappa shape index (κ3) is 4.73. The van der Waals surface area contributed by atoms with Crippen molar-refractivity contribution in [3.8, 4) is 5.75 Å². The van der Waals surface area contributed by atoms with Crippen molar-refractivity contribution in [3.63, 3.8) is 0 Å². The van der Waals surface area contributed by atoms with Crippen molar-refractivity contribution in [2.24, 2.45) is 0 Å². The zero-order valence-electron chi connectivity index (χ0n) is 15.9. The number of ether oxygens (including phenoxy) is 1. The molecule has 1 N–H and O–H groups in total. The van der Waals surface area contributed by atoms with Crippen LogP contribution in [0.15, 0.2) is 82.8 Å². The maximum atomic E-state index is 12.9. The molecule has 1 atom stereocenters. The monoisotopic (exact) mass is 404 g/mol. The van der Waals surface area contributed by atoms with Gasteiger partial charge in [0, 0.05) is 10.9 Å². The normalized spacial score (nSPS) is 11.8. The van der Waals surface area contributed by atoms with Crippen molar-refractivity contribution in [2.45, 2.75) is 19.6 Å². The van der Waals surface area contributed by atoms with E-state index in [2.05, 4.69) is 10.3 Å². The molecular formula is C23H20N2O3S. The molecule has 29 heavy (non-hydrogen) atoms. The van der Waals surface area contributed by atoms with Crippen molar-refractivity contribution < 1.29 is 13.9 Å². The minimum absolute atomic E-state index is 0.204. The largest absolute Gasteiger partial charge is 0.487 e. The standard InChI is InChI=1S/C23H20N2O3S/c1-16-24-19(15-29-16)14-28-20-10-5-9-18(13-20)23(26)25-22(21-11-6-12-27-21)17-7-3-2-4-8-17/h2-13,15,22H,14H2,1H3,(H,25,26). The summed E-state index contributed by atoms with van der Waals surface area (Å²) in [6.07, 6.45) is 1.60. The van der Waals surface area contributed by atoms with Gasteiger partial charge in [-0.15, -0.1) is 11.3 Å². The predicted octanol–water partition coefficient (Wildman–Crippen LogP) is 5.14. The Labute approximate surface area is 173 Å². The smallest absolute Gasteiger partial charge is 0.252 e. The zero-order valence-corrected chi connectivity index (χ0v) is 16.7. The fraction of sp³-hybridized carbons (Fsp3) is 0.130. The van der Waals surface area contributed by atoms with Gasteiger partial charge >= 0.3 is 0 Å². The fourth-order valence-corrected chi connectivity index (χ4v) is 3.59. The van der Waals surface area contributed by atoms with E-state index in [0.717, 1.165) is 16.3 Å². The Bertz CT molecular complexity index is 1070. The Kier molecular flexibility index (Phi) is 5.72. The maximum absolute atomic E-state index is 12.9. The number of hydrogen-bond donors (Lipinski definition) is 1. The lowest BCUT2D eigenvalue weighted by atomic mass is 10.0. The Balaban J connectivity index is 1.49. The average molecular weight is 404 g/mol. The summed E-state index contributed by atoms with van der Waals surface area (Å²) >= 11 is 1.59. The lowest BCUT2D eigenvalue weighted by molar-refractivity contribution is 0.0938. The average Bonchev–Trinajstić information content (AvgIpc) is 3.43. The molecule has 5 nitrogen and oxygen atoms in total. The number of thiazole rings is 1. The van der Waals surface area contributed by atoms with E-state index in [0.29, 0.717) is 23.7 Å². The lowest BCUT2D eigenvalue weighted by Gasteiger charge is -2.17. The molecule has 0 aliphatic heterocycles. The molecule has 0 aliphatic rings. The summed E-state index contributed by atoms with van der Waals surface area (Å²) in [5.41, 5.74) is 2.34. The van der Waals surface area contributed by atoms with Crippen LogP contribution in [0.2, 0.25) is 0 Å². The summed E-state index contributed by atoms with van der Waals surface area (Å²) in [7, 11) is 0. The highest BCUT2D eigenvalue weighted by molar-refractivity contribution is 7.09. The summed E-state index contributed by atoms with van der Waals surface area (Å²) in [6.45, 7) is 2.33. The van der Waals surface area contributed by atoms with Crippen LogP contribution in [0.1, 0.15) is 38.4 Å². The Morgan fingerprint density at radius 2 is 2.00 bits per heavy atom. The van der Waals surface area contributed by atoms with Crippen molar-refractivity contribution in [2.75, 3.05) is 0 Å². The second-order valence-corrected chi connectivity index (χ2v) is 7.57. The third-order valence-electron chi connectivity index (χ3n) is 4.39. The van der Waals surface area contributed by atoms with Gasteiger partial charge in [-0.2, -0.15) is 0 Å². The van der Waals surface area contributed by atoms with Crippen LogP contribution in [0, 0.1) is 6.92 Å². The molecule has 2 aromatic carbocycles. The van der Waals surface area contributed by atoms with E-state index >= 15 is 0 Å². The van der Waals surface area contributed by atoms with Gasteiger partial charge in [-0.05, 0) is 42.8 Å². The molecule has 4 rings (SSSR count). The topological polar surface area (TPSA) is 64.4 Å². The van der Waals surface area contributed by atoms with Crippen LogP contribution in [0.25, 0.3) is 0 Å². The van der Waals surface area contributed by atoms with E-state index in [1.807, 2.05) is 60.8 Å². The Hall–Kier alpha value is -3.38. The fourth-order valence-electron chi connectivity index (χ4n) is 2.99. The molecule has 0 saturated carbocycles. The number of nitrogens with zero attached hydrogens (tertiary/aromatic N) is 1. The highest BCUT2D eigenvalue weighted by atomic mass is 32.1. The molecule has 0 fully saturated rings. The van der Waals surface area contributed by atoms with Gasteiger partial charge in [0.25, 0.3) is 5.91 Å². The Morgan fingerprint density at radius 1 is 1.14 bits per heavy atom. The lowest BCUT2D eigenvalue weighted by Crippen LogP contribution is -2.29. The molecule has 4 aromatic rings. The van der Waals surface area contributed by atoms with Crippen LogP contribution in [0.3, 0.4) is 0 Å². The van der Waals surface area contributed by atoms with Crippen LogP contribution in [-0.2, 0) is 6.61 Å². The SMILES string of the molecule is Cc1nc(COc2cccc(C(=O)NC(c3ccccc3)c3ccco3)c2)cs1. The van der Waals surface area contributed by atoms with E-state index < -0.39 is 0 Å². The zero-order chi connectivity index (χ0) is 20.1. The van der Waals surface area contributed by atoms with E-state index in [1.165, 1.54) is 0 Å². The van der Waals surface area contributed by atoms with Gasteiger partial charge < -0.3 is 14.5 Å². The first-order chi connectivity index (χ1) is 14.2. The number of rotatable bonds is 7. The second-order valence-electron chi connectivity index (χ2n) is 6.51. The van der Waals surface area contributed by atoms with Crippen molar-refractivity contribution >= 4 is 17.2 Å². The summed E-state index contributed by atoms with van der Waals surface area (Å²) in [6, 6.07) is 20.2. The van der Waals surface area contributed by atoms with Crippen LogP contribution in [0.4, 0.5) is 0 Å². The van der Waals surface area contributed by atoms with Gasteiger partial charge in [0.1, 0.15) is 24.2 Å². The minimum Gasteiger partial charge on any atom is -0.487 e. The number of hydrogen-bond acceptors (Lipinski definition) is 5. The number of nitrogens with one attached hydrogen (secondary N) is 1.